The topological polar surface area (TPSA) is 43.4 Å². The maximum absolute atomic E-state index is 11.7. The van der Waals surface area contributed by atoms with E-state index >= 15 is 0 Å². The molecule has 0 aromatic heterocycles. The molecule has 0 radical (unpaired) electrons. The summed E-state index contributed by atoms with van der Waals surface area (Å²) in [5.74, 6) is -1.32. The van der Waals surface area contributed by atoms with Crippen LogP contribution in [0.4, 0.5) is 0 Å². The highest BCUT2D eigenvalue weighted by atomic mass is 16.6. The van der Waals surface area contributed by atoms with E-state index < -0.39 is 11.9 Å². The Morgan fingerprint density at radius 1 is 1.13 bits per heavy atom. The summed E-state index contributed by atoms with van der Waals surface area (Å²) >= 11 is 0. The summed E-state index contributed by atoms with van der Waals surface area (Å²) in [6.07, 6.45) is 0.688. The molecule has 0 aliphatic rings. The highest BCUT2D eigenvalue weighted by molar-refractivity contribution is 5.87. The van der Waals surface area contributed by atoms with E-state index in [4.69, 9.17) is 4.74 Å². The van der Waals surface area contributed by atoms with Crippen molar-refractivity contribution < 1.29 is 14.3 Å². The number of hydrogen-bond acceptors (Lipinski definition) is 3. The maximum Gasteiger partial charge on any atom is 0.317 e. The van der Waals surface area contributed by atoms with Crippen LogP contribution in [0.3, 0.4) is 0 Å². The van der Waals surface area contributed by atoms with Gasteiger partial charge in [-0.25, -0.2) is 0 Å². The Labute approximate surface area is 92.2 Å². The summed E-state index contributed by atoms with van der Waals surface area (Å²) in [5.41, 5.74) is -0.164. The SMILES string of the molecule is CCC(C(=O)OC(=O)C(C)C)C(C)(C)C. The molecule has 0 saturated carbocycles. The minimum atomic E-state index is -0.442. The molecule has 88 valence electrons. The second kappa shape index (κ2) is 5.29. The molecule has 0 aromatic rings. The molecular formula is C12H22O3. The van der Waals surface area contributed by atoms with Gasteiger partial charge in [0, 0.05) is 0 Å². The van der Waals surface area contributed by atoms with Crippen molar-refractivity contribution in [3.05, 3.63) is 0 Å². The number of ether oxygens (including phenoxy) is 1. The zero-order chi connectivity index (χ0) is 12.2. The third kappa shape index (κ3) is 4.45. The molecule has 0 amide bonds. The van der Waals surface area contributed by atoms with E-state index in [-0.39, 0.29) is 17.3 Å². The minimum Gasteiger partial charge on any atom is -0.393 e. The Hall–Kier alpha value is -0.860. The number of carbonyl (C=O) groups excluding carboxylic acids is 2. The Balaban J connectivity index is 4.49. The lowest BCUT2D eigenvalue weighted by molar-refractivity contribution is -0.167. The molecule has 0 bridgehead atoms. The van der Waals surface area contributed by atoms with Crippen LogP contribution in [-0.2, 0) is 14.3 Å². The first-order valence-electron chi connectivity index (χ1n) is 5.45. The van der Waals surface area contributed by atoms with E-state index in [1.54, 1.807) is 13.8 Å². The maximum atomic E-state index is 11.7. The van der Waals surface area contributed by atoms with Gasteiger partial charge in [-0.15, -0.1) is 0 Å². The highest BCUT2D eigenvalue weighted by Crippen LogP contribution is 2.29. The van der Waals surface area contributed by atoms with Crippen molar-refractivity contribution >= 4 is 11.9 Å². The fourth-order valence-corrected chi connectivity index (χ4v) is 1.42. The van der Waals surface area contributed by atoms with Gasteiger partial charge < -0.3 is 4.74 Å². The fraction of sp³-hybridized carbons (Fsp3) is 0.833. The molecule has 0 fully saturated rings. The van der Waals surface area contributed by atoms with Crippen LogP contribution in [0.2, 0.25) is 0 Å². The van der Waals surface area contributed by atoms with Gasteiger partial charge in [-0.05, 0) is 11.8 Å². The number of rotatable bonds is 3. The summed E-state index contributed by atoms with van der Waals surface area (Å²) < 4.78 is 4.81. The Bertz CT molecular complexity index is 236. The first-order chi connectivity index (χ1) is 6.70. The van der Waals surface area contributed by atoms with E-state index in [2.05, 4.69) is 0 Å². The van der Waals surface area contributed by atoms with Gasteiger partial charge in [0.05, 0.1) is 11.8 Å². The molecule has 0 N–H and O–H groups in total. The normalized spacial score (nSPS) is 13.8. The second-order valence-corrected chi connectivity index (χ2v) is 5.22. The van der Waals surface area contributed by atoms with Gasteiger partial charge >= 0.3 is 11.9 Å². The first-order valence-corrected chi connectivity index (χ1v) is 5.45. The summed E-state index contributed by atoms with van der Waals surface area (Å²) in [6.45, 7) is 11.3. The van der Waals surface area contributed by atoms with Gasteiger partial charge in [-0.3, -0.25) is 9.59 Å². The standard InChI is InChI=1S/C12H22O3/c1-7-9(12(4,5)6)11(14)15-10(13)8(2)3/h8-9H,7H2,1-6H3. The molecule has 1 unspecified atom stereocenters. The monoisotopic (exact) mass is 214 g/mol. The van der Waals surface area contributed by atoms with Crippen molar-refractivity contribution in [2.24, 2.45) is 17.3 Å². The predicted octanol–water partition coefficient (Wildman–Crippen LogP) is 2.78. The van der Waals surface area contributed by atoms with Gasteiger partial charge in [0.25, 0.3) is 0 Å². The summed E-state index contributed by atoms with van der Waals surface area (Å²) in [6, 6.07) is 0. The van der Waals surface area contributed by atoms with Crippen molar-refractivity contribution in [3.63, 3.8) is 0 Å². The minimum absolute atomic E-state index is 0.164. The van der Waals surface area contributed by atoms with E-state index in [1.165, 1.54) is 0 Å². The second-order valence-electron chi connectivity index (χ2n) is 5.22. The molecule has 0 spiro atoms. The number of carbonyl (C=O) groups is 2. The summed E-state index contributed by atoms with van der Waals surface area (Å²) in [5, 5.41) is 0. The fourth-order valence-electron chi connectivity index (χ4n) is 1.42. The molecule has 0 rings (SSSR count). The quantitative estimate of drug-likeness (QED) is 0.536. The lowest BCUT2D eigenvalue weighted by Gasteiger charge is -2.27. The molecule has 3 heteroatoms. The molecule has 0 aliphatic heterocycles. The van der Waals surface area contributed by atoms with Gasteiger partial charge in [0.15, 0.2) is 0 Å². The highest BCUT2D eigenvalue weighted by Gasteiger charge is 2.32. The van der Waals surface area contributed by atoms with Crippen LogP contribution < -0.4 is 0 Å². The zero-order valence-corrected chi connectivity index (χ0v) is 10.6. The van der Waals surface area contributed by atoms with Crippen LogP contribution in [0, 0.1) is 17.3 Å². The molecule has 0 saturated heterocycles. The average molecular weight is 214 g/mol. The van der Waals surface area contributed by atoms with E-state index in [0.29, 0.717) is 6.42 Å². The van der Waals surface area contributed by atoms with Crippen molar-refractivity contribution in [3.8, 4) is 0 Å². The Kier molecular flexibility index (Phi) is 4.98. The van der Waals surface area contributed by atoms with Crippen LogP contribution >= 0.6 is 0 Å². The zero-order valence-electron chi connectivity index (χ0n) is 10.6. The molecular weight excluding hydrogens is 192 g/mol. The van der Waals surface area contributed by atoms with Crippen LogP contribution in [0.25, 0.3) is 0 Å². The largest absolute Gasteiger partial charge is 0.393 e. The third-order valence-corrected chi connectivity index (χ3v) is 2.41. The first kappa shape index (κ1) is 14.1. The smallest absolute Gasteiger partial charge is 0.317 e. The third-order valence-electron chi connectivity index (χ3n) is 2.41. The summed E-state index contributed by atoms with van der Waals surface area (Å²) in [7, 11) is 0. The van der Waals surface area contributed by atoms with Gasteiger partial charge in [0.1, 0.15) is 0 Å². The van der Waals surface area contributed by atoms with Gasteiger partial charge in [0.2, 0.25) is 0 Å². The lowest BCUT2D eigenvalue weighted by atomic mass is 9.79. The molecule has 3 nitrogen and oxygen atoms in total. The Morgan fingerprint density at radius 2 is 1.60 bits per heavy atom. The van der Waals surface area contributed by atoms with Gasteiger partial charge in [-0.2, -0.15) is 0 Å². The number of hydrogen-bond donors (Lipinski definition) is 0. The van der Waals surface area contributed by atoms with E-state index in [9.17, 15) is 9.59 Å². The van der Waals surface area contributed by atoms with Gasteiger partial charge in [-0.1, -0.05) is 41.5 Å². The average Bonchev–Trinajstić information content (AvgIpc) is 2.01. The lowest BCUT2D eigenvalue weighted by Crippen LogP contribution is -2.32. The van der Waals surface area contributed by atoms with Crippen LogP contribution in [0.5, 0.6) is 0 Å². The molecule has 0 heterocycles. The van der Waals surface area contributed by atoms with Crippen molar-refractivity contribution in [1.82, 2.24) is 0 Å². The van der Waals surface area contributed by atoms with Crippen molar-refractivity contribution in [1.29, 1.82) is 0 Å². The van der Waals surface area contributed by atoms with Crippen molar-refractivity contribution in [2.45, 2.75) is 48.0 Å². The van der Waals surface area contributed by atoms with E-state index in [0.717, 1.165) is 0 Å². The Morgan fingerprint density at radius 3 is 1.87 bits per heavy atom. The molecule has 15 heavy (non-hydrogen) atoms. The predicted molar refractivity (Wildman–Crippen MR) is 59.2 cm³/mol. The van der Waals surface area contributed by atoms with Crippen LogP contribution in [-0.4, -0.2) is 11.9 Å². The number of esters is 2. The van der Waals surface area contributed by atoms with Crippen molar-refractivity contribution in [2.75, 3.05) is 0 Å². The molecule has 1 atom stereocenters. The summed E-state index contributed by atoms with van der Waals surface area (Å²) in [4.78, 5) is 23.0. The van der Waals surface area contributed by atoms with Crippen LogP contribution in [0.1, 0.15) is 48.0 Å². The van der Waals surface area contributed by atoms with E-state index in [1.807, 2.05) is 27.7 Å². The van der Waals surface area contributed by atoms with Crippen LogP contribution in [0.15, 0.2) is 0 Å². The molecule has 0 aliphatic carbocycles. The molecule has 0 aromatic carbocycles.